The first-order valence-corrected chi connectivity index (χ1v) is 20.2. The molecule has 0 bridgehead atoms. The molecular weight excluding hydrogens is 793 g/mol. The molecule has 1 aliphatic heterocycles. The number of hydrogen-bond donors (Lipinski definition) is 3. The monoisotopic (exact) mass is 822 g/mol. The van der Waals surface area contributed by atoms with Crippen LogP contribution in [0, 0.1) is 6.92 Å². The summed E-state index contributed by atoms with van der Waals surface area (Å²) in [7, 11) is -9.81. The Morgan fingerprint density at radius 1 is 0.943 bits per heavy atom. The average Bonchev–Trinajstić information content (AvgIpc) is 3.66. The number of benzene rings is 5. The van der Waals surface area contributed by atoms with Crippen LogP contribution in [0.25, 0.3) is 21.8 Å². The van der Waals surface area contributed by atoms with Crippen LogP contribution in [0.5, 0.6) is 0 Å². The third kappa shape index (κ3) is 6.61. The van der Waals surface area contributed by atoms with Gasteiger partial charge in [-0.2, -0.15) is 8.78 Å². The van der Waals surface area contributed by atoms with E-state index in [0.717, 1.165) is 6.07 Å². The van der Waals surface area contributed by atoms with Gasteiger partial charge in [-0.05, 0) is 64.2 Å². The first-order chi connectivity index (χ1) is 25.0. The molecule has 272 valence electrons. The van der Waals surface area contributed by atoms with Crippen LogP contribution in [0.2, 0.25) is 0 Å². The standard InChI is InChI=1S/C37H30BrF2N4O7PS/c1-22-15-23(12-14-28(22)33-19-34(45)42-53(33,50)51)20-36(35(46)25-7-3-2-4-8-25,44-32-10-6-5-9-31(32)41-43-44)21-24-11-13-26-18-30(38)29(17-27(26)16-24)37(39,40)52(47,48)49/h2-18,33H,19-21H2,1H3,(H,42,45)(H2,47,48,49). The minimum Gasteiger partial charge on any atom is -0.320 e. The van der Waals surface area contributed by atoms with Crippen molar-refractivity contribution in [2.24, 2.45) is 0 Å². The van der Waals surface area contributed by atoms with Gasteiger partial charge in [-0.3, -0.25) is 18.9 Å². The fraction of sp³-hybridized carbons (Fsp3) is 0.189. The van der Waals surface area contributed by atoms with E-state index in [1.165, 1.54) is 6.07 Å². The van der Waals surface area contributed by atoms with Gasteiger partial charge in [0, 0.05) is 28.4 Å². The van der Waals surface area contributed by atoms with Crippen LogP contribution in [-0.2, 0) is 43.4 Å². The maximum absolute atomic E-state index is 15.1. The zero-order valence-corrected chi connectivity index (χ0v) is 31.1. The number of aromatic nitrogens is 3. The van der Waals surface area contributed by atoms with Gasteiger partial charge < -0.3 is 9.79 Å². The topological polar surface area (TPSA) is 169 Å². The summed E-state index contributed by atoms with van der Waals surface area (Å²) in [5.41, 5.74) is -3.31. The molecule has 1 aromatic heterocycles. The van der Waals surface area contributed by atoms with Crippen molar-refractivity contribution in [3.8, 4) is 0 Å². The number of amides is 1. The predicted octanol–water partition coefficient (Wildman–Crippen LogP) is 6.84. The number of aryl methyl sites for hydroxylation is 1. The van der Waals surface area contributed by atoms with Gasteiger partial charge in [-0.1, -0.05) is 100 Å². The van der Waals surface area contributed by atoms with Crippen molar-refractivity contribution in [1.82, 2.24) is 19.7 Å². The lowest BCUT2D eigenvalue weighted by Gasteiger charge is -2.34. The minimum atomic E-state index is -5.89. The summed E-state index contributed by atoms with van der Waals surface area (Å²) < 4.78 is 70.7. The second-order valence-corrected chi connectivity index (χ2v) is 17.5. The minimum absolute atomic E-state index is 0.0176. The smallest absolute Gasteiger partial charge is 0.320 e. The Hall–Kier alpha value is -4.66. The summed E-state index contributed by atoms with van der Waals surface area (Å²) in [4.78, 5) is 46.1. The molecule has 0 radical (unpaired) electrons. The van der Waals surface area contributed by atoms with Crippen molar-refractivity contribution < 1.29 is 41.1 Å². The van der Waals surface area contributed by atoms with Crippen molar-refractivity contribution in [1.29, 1.82) is 0 Å². The van der Waals surface area contributed by atoms with Crippen molar-refractivity contribution in [3.05, 3.63) is 141 Å². The summed E-state index contributed by atoms with van der Waals surface area (Å²) >= 11 is 3.05. The zero-order valence-electron chi connectivity index (χ0n) is 27.8. The van der Waals surface area contributed by atoms with Gasteiger partial charge in [0.25, 0.3) is 0 Å². The highest BCUT2D eigenvalue weighted by Crippen LogP contribution is 2.60. The fourth-order valence-electron chi connectivity index (χ4n) is 7.04. The quantitative estimate of drug-likeness (QED) is 0.0990. The second kappa shape index (κ2) is 13.3. The van der Waals surface area contributed by atoms with Crippen LogP contribution in [0.1, 0.15) is 49.8 Å². The molecule has 1 aliphatic rings. The van der Waals surface area contributed by atoms with Crippen LogP contribution >= 0.6 is 23.5 Å². The molecule has 2 atom stereocenters. The number of carbonyl (C=O) groups is 2. The van der Waals surface area contributed by atoms with E-state index in [-0.39, 0.29) is 34.9 Å². The lowest BCUT2D eigenvalue weighted by molar-refractivity contribution is -0.118. The number of ketones is 1. The first kappa shape index (κ1) is 36.7. The number of Topliss-reactive ketones (excluding diaryl/α,β-unsaturated/α-hetero) is 1. The highest BCUT2D eigenvalue weighted by Gasteiger charge is 2.51. The average molecular weight is 824 g/mol. The molecule has 2 unspecified atom stereocenters. The molecule has 1 fully saturated rings. The second-order valence-electron chi connectivity index (χ2n) is 13.1. The third-order valence-corrected chi connectivity index (χ3v) is 12.9. The molecule has 2 heterocycles. The normalized spacial score (nSPS) is 17.2. The van der Waals surface area contributed by atoms with Crippen molar-refractivity contribution in [2.75, 3.05) is 0 Å². The van der Waals surface area contributed by atoms with Crippen LogP contribution in [0.3, 0.4) is 0 Å². The summed E-state index contributed by atoms with van der Waals surface area (Å²) in [5.74, 6) is -0.933. The number of halogens is 3. The Kier molecular flexibility index (Phi) is 9.22. The van der Waals surface area contributed by atoms with E-state index in [1.54, 1.807) is 103 Å². The summed E-state index contributed by atoms with van der Waals surface area (Å²) in [6, 6.07) is 28.2. The molecule has 0 aliphatic carbocycles. The van der Waals surface area contributed by atoms with Crippen LogP contribution in [-0.4, -0.2) is 44.9 Å². The fourth-order valence-corrected chi connectivity index (χ4v) is 9.81. The van der Waals surface area contributed by atoms with E-state index < -0.39 is 45.5 Å². The number of hydrogen-bond acceptors (Lipinski definition) is 7. The molecule has 1 saturated heterocycles. The Balaban J connectivity index is 1.42. The third-order valence-electron chi connectivity index (χ3n) is 9.57. The van der Waals surface area contributed by atoms with Crippen LogP contribution in [0.15, 0.2) is 108 Å². The molecule has 11 nitrogen and oxygen atoms in total. The number of rotatable bonds is 10. The molecule has 6 aromatic rings. The lowest BCUT2D eigenvalue weighted by Crippen LogP contribution is -2.47. The Morgan fingerprint density at radius 2 is 1.60 bits per heavy atom. The summed E-state index contributed by atoms with van der Waals surface area (Å²) in [6.45, 7) is 1.73. The van der Waals surface area contributed by atoms with Gasteiger partial charge >= 0.3 is 13.3 Å². The zero-order chi connectivity index (χ0) is 37.9. The maximum Gasteiger partial charge on any atom is 0.399 e. The van der Waals surface area contributed by atoms with Crippen molar-refractivity contribution >= 4 is 67.0 Å². The molecule has 3 N–H and O–H groups in total. The number of sulfonamides is 1. The van der Waals surface area contributed by atoms with Gasteiger partial charge in [0.05, 0.1) is 11.9 Å². The van der Waals surface area contributed by atoms with Gasteiger partial charge in [0.2, 0.25) is 15.9 Å². The molecule has 1 amide bonds. The molecule has 53 heavy (non-hydrogen) atoms. The van der Waals surface area contributed by atoms with E-state index in [9.17, 15) is 27.6 Å². The molecular formula is C37H30BrF2N4O7PS. The number of para-hydroxylation sites is 1. The number of carbonyl (C=O) groups excluding carboxylic acids is 2. The van der Waals surface area contributed by atoms with Gasteiger partial charge in [0.15, 0.2) is 5.78 Å². The highest BCUT2D eigenvalue weighted by atomic mass is 79.9. The van der Waals surface area contributed by atoms with E-state index in [4.69, 9.17) is 0 Å². The van der Waals surface area contributed by atoms with E-state index >= 15 is 13.6 Å². The number of nitrogens with zero attached hydrogens (tertiary/aromatic N) is 3. The molecule has 5 aromatic carbocycles. The number of alkyl halides is 2. The van der Waals surface area contributed by atoms with Gasteiger partial charge in [-0.25, -0.2) is 13.1 Å². The van der Waals surface area contributed by atoms with E-state index in [0.29, 0.717) is 44.2 Å². The van der Waals surface area contributed by atoms with Crippen LogP contribution < -0.4 is 4.72 Å². The molecule has 0 spiro atoms. The van der Waals surface area contributed by atoms with E-state index in [1.807, 2.05) is 4.72 Å². The number of fused-ring (bicyclic) bond motifs is 2. The molecule has 7 rings (SSSR count). The Labute approximate surface area is 310 Å². The predicted molar refractivity (Wildman–Crippen MR) is 197 cm³/mol. The van der Waals surface area contributed by atoms with Gasteiger partial charge in [-0.15, -0.1) is 5.10 Å². The van der Waals surface area contributed by atoms with E-state index in [2.05, 4.69) is 26.2 Å². The van der Waals surface area contributed by atoms with Gasteiger partial charge in [0.1, 0.15) is 16.3 Å². The molecule has 16 heteroatoms. The van der Waals surface area contributed by atoms with Crippen molar-refractivity contribution in [3.63, 3.8) is 0 Å². The maximum atomic E-state index is 15.1. The first-order valence-electron chi connectivity index (χ1n) is 16.2. The SMILES string of the molecule is Cc1cc(CC(Cc2ccc3cc(Br)c(C(F)(F)P(=O)(O)O)cc3c2)(C(=O)c2ccccc2)n2nnc3ccccc32)ccc1C1CC(=O)NS1(=O)=O. The highest BCUT2D eigenvalue weighted by molar-refractivity contribution is 9.10. The lowest BCUT2D eigenvalue weighted by atomic mass is 9.78. The Morgan fingerprint density at radius 3 is 2.26 bits per heavy atom. The number of nitrogens with one attached hydrogen (secondary N) is 1. The van der Waals surface area contributed by atoms with Crippen LogP contribution in [0.4, 0.5) is 8.78 Å². The molecule has 0 saturated carbocycles. The van der Waals surface area contributed by atoms with Crippen molar-refractivity contribution in [2.45, 2.75) is 42.6 Å². The largest absolute Gasteiger partial charge is 0.399 e. The Bertz CT molecular complexity index is 2620. The summed E-state index contributed by atoms with van der Waals surface area (Å²) in [6.07, 6.45) is -0.242. The summed E-state index contributed by atoms with van der Waals surface area (Å²) in [5, 5.41) is 8.56.